The third-order valence-electron chi connectivity index (χ3n) is 7.02. The molecule has 0 N–H and O–H groups in total. The molecule has 1 aromatic carbocycles. The average molecular weight is 408 g/mol. The molecule has 3 fully saturated rings. The van der Waals surface area contributed by atoms with Gasteiger partial charge in [-0.15, -0.1) is 0 Å². The lowest BCUT2D eigenvalue weighted by Gasteiger charge is -2.51. The molecule has 0 aliphatic carbocycles. The molecule has 3 aliphatic rings. The summed E-state index contributed by atoms with van der Waals surface area (Å²) >= 11 is 0. The van der Waals surface area contributed by atoms with Crippen LogP contribution >= 0.6 is 0 Å². The maximum Gasteiger partial charge on any atom is 0.272 e. The molecule has 5 rings (SSSR count). The maximum atomic E-state index is 13.4. The smallest absolute Gasteiger partial charge is 0.272 e. The molecule has 30 heavy (non-hydrogen) atoms. The number of hydrogen-bond donors (Lipinski definition) is 0. The Hall–Kier alpha value is -2.67. The monoisotopic (exact) mass is 407 g/mol. The highest BCUT2D eigenvalue weighted by molar-refractivity contribution is 5.93. The standard InChI is InChI=1S/C23H29N5O2/c1-25-17-24-11-20(25)22(30)28-15-23(16-28)14-26(12-18-7-3-2-4-8-18)13-19(23)21(29)27-9-5-6-10-27/h2-4,7-8,11,17,19H,5-6,9-10,12-16H2,1H3. The molecule has 0 saturated carbocycles. The van der Waals surface area contributed by atoms with Crippen LogP contribution in [-0.4, -0.2) is 75.3 Å². The van der Waals surface area contributed by atoms with Crippen LogP contribution in [0, 0.1) is 11.3 Å². The molecule has 7 nitrogen and oxygen atoms in total. The van der Waals surface area contributed by atoms with Gasteiger partial charge in [-0.1, -0.05) is 30.3 Å². The summed E-state index contributed by atoms with van der Waals surface area (Å²) in [6.07, 6.45) is 5.48. The van der Waals surface area contributed by atoms with E-state index in [1.54, 1.807) is 17.1 Å². The summed E-state index contributed by atoms with van der Waals surface area (Å²) in [6.45, 7) is 5.53. The Morgan fingerprint density at radius 2 is 1.80 bits per heavy atom. The van der Waals surface area contributed by atoms with Gasteiger partial charge in [-0.05, 0) is 18.4 Å². The van der Waals surface area contributed by atoms with Gasteiger partial charge in [-0.3, -0.25) is 14.5 Å². The first-order valence-electron chi connectivity index (χ1n) is 10.9. The van der Waals surface area contributed by atoms with Crippen molar-refractivity contribution >= 4 is 11.8 Å². The van der Waals surface area contributed by atoms with E-state index in [4.69, 9.17) is 0 Å². The van der Waals surface area contributed by atoms with Gasteiger partial charge in [0.05, 0.1) is 18.4 Å². The van der Waals surface area contributed by atoms with E-state index in [0.717, 1.165) is 45.6 Å². The number of imidazole rings is 1. The number of carbonyl (C=O) groups excluding carboxylic acids is 2. The fraction of sp³-hybridized carbons (Fsp3) is 0.522. The summed E-state index contributed by atoms with van der Waals surface area (Å²) in [4.78, 5) is 36.7. The third kappa shape index (κ3) is 3.31. The second-order valence-electron chi connectivity index (χ2n) is 9.15. The fourth-order valence-corrected chi connectivity index (χ4v) is 5.44. The van der Waals surface area contributed by atoms with E-state index < -0.39 is 0 Å². The minimum atomic E-state index is -0.136. The number of aromatic nitrogens is 2. The third-order valence-corrected chi connectivity index (χ3v) is 7.02. The van der Waals surface area contributed by atoms with Crippen LogP contribution in [-0.2, 0) is 18.4 Å². The lowest BCUT2D eigenvalue weighted by atomic mass is 9.71. The number of nitrogens with zero attached hydrogens (tertiary/aromatic N) is 5. The van der Waals surface area contributed by atoms with Crippen molar-refractivity contribution in [1.29, 1.82) is 0 Å². The molecular formula is C23H29N5O2. The first kappa shape index (κ1) is 19.3. The number of carbonyl (C=O) groups is 2. The molecule has 3 saturated heterocycles. The zero-order valence-electron chi connectivity index (χ0n) is 17.5. The lowest BCUT2D eigenvalue weighted by molar-refractivity contribution is -0.141. The van der Waals surface area contributed by atoms with E-state index in [1.807, 2.05) is 22.9 Å². The molecule has 0 radical (unpaired) electrons. The van der Waals surface area contributed by atoms with Crippen LogP contribution in [0.5, 0.6) is 0 Å². The first-order valence-corrected chi connectivity index (χ1v) is 10.9. The highest BCUT2D eigenvalue weighted by Crippen LogP contribution is 2.46. The van der Waals surface area contributed by atoms with Gasteiger partial charge in [0.15, 0.2) is 0 Å². The SMILES string of the molecule is Cn1cncc1C(=O)N1CC2(CN(Cc3ccccc3)CC2C(=O)N2CCCC2)C1. The number of benzene rings is 1. The van der Waals surface area contributed by atoms with Gasteiger partial charge in [0.2, 0.25) is 5.91 Å². The highest BCUT2D eigenvalue weighted by atomic mass is 16.2. The minimum absolute atomic E-state index is 0.00880. The van der Waals surface area contributed by atoms with Crippen molar-refractivity contribution < 1.29 is 9.59 Å². The minimum Gasteiger partial charge on any atom is -0.342 e. The molecule has 1 unspecified atom stereocenters. The van der Waals surface area contributed by atoms with Gasteiger partial charge in [-0.25, -0.2) is 4.98 Å². The van der Waals surface area contributed by atoms with E-state index in [0.29, 0.717) is 18.8 Å². The Bertz CT molecular complexity index is 928. The molecule has 2 amide bonds. The van der Waals surface area contributed by atoms with E-state index in [2.05, 4.69) is 34.1 Å². The van der Waals surface area contributed by atoms with Crippen LogP contribution in [0.4, 0.5) is 0 Å². The van der Waals surface area contributed by atoms with Crippen molar-refractivity contribution in [3.05, 3.63) is 54.1 Å². The summed E-state index contributed by atoms with van der Waals surface area (Å²) in [6, 6.07) is 10.4. The Labute approximate surface area is 177 Å². The van der Waals surface area contributed by atoms with E-state index in [-0.39, 0.29) is 23.1 Å². The van der Waals surface area contributed by atoms with Gasteiger partial charge < -0.3 is 14.4 Å². The van der Waals surface area contributed by atoms with Crippen molar-refractivity contribution in [3.63, 3.8) is 0 Å². The van der Waals surface area contributed by atoms with Gasteiger partial charge in [0, 0.05) is 58.3 Å². The van der Waals surface area contributed by atoms with Crippen LogP contribution in [0.25, 0.3) is 0 Å². The summed E-state index contributed by atoms with van der Waals surface area (Å²) in [5, 5.41) is 0. The lowest BCUT2D eigenvalue weighted by Crippen LogP contribution is -2.64. The second-order valence-corrected chi connectivity index (χ2v) is 9.15. The van der Waals surface area contributed by atoms with E-state index in [1.165, 1.54) is 5.56 Å². The predicted octanol–water partition coefficient (Wildman–Crippen LogP) is 1.62. The van der Waals surface area contributed by atoms with Crippen LogP contribution in [0.1, 0.15) is 28.9 Å². The topological polar surface area (TPSA) is 61.7 Å². The highest BCUT2D eigenvalue weighted by Gasteiger charge is 2.58. The van der Waals surface area contributed by atoms with Crippen LogP contribution in [0.2, 0.25) is 0 Å². The molecule has 3 aliphatic heterocycles. The largest absolute Gasteiger partial charge is 0.342 e. The molecule has 4 heterocycles. The summed E-state index contributed by atoms with van der Waals surface area (Å²) in [5.41, 5.74) is 1.73. The van der Waals surface area contributed by atoms with Gasteiger partial charge in [0.25, 0.3) is 5.91 Å². The molecule has 1 aromatic heterocycles. The Morgan fingerprint density at radius 1 is 1.07 bits per heavy atom. The Balaban J connectivity index is 1.33. The van der Waals surface area contributed by atoms with Crippen molar-refractivity contribution in [2.45, 2.75) is 19.4 Å². The Morgan fingerprint density at radius 3 is 2.47 bits per heavy atom. The number of likely N-dealkylation sites (tertiary alicyclic amines) is 3. The quantitative estimate of drug-likeness (QED) is 0.773. The molecule has 1 atom stereocenters. The second kappa shape index (κ2) is 7.54. The van der Waals surface area contributed by atoms with Gasteiger partial charge >= 0.3 is 0 Å². The predicted molar refractivity (Wildman–Crippen MR) is 113 cm³/mol. The summed E-state index contributed by atoms with van der Waals surface area (Å²) in [7, 11) is 1.84. The maximum absolute atomic E-state index is 13.4. The molecule has 1 spiro atoms. The normalized spacial score (nSPS) is 23.2. The molecular weight excluding hydrogens is 378 g/mol. The fourth-order valence-electron chi connectivity index (χ4n) is 5.44. The zero-order chi connectivity index (χ0) is 20.7. The van der Waals surface area contributed by atoms with Crippen molar-refractivity contribution in [2.24, 2.45) is 18.4 Å². The first-order chi connectivity index (χ1) is 14.6. The number of hydrogen-bond acceptors (Lipinski definition) is 4. The van der Waals surface area contributed by atoms with E-state index >= 15 is 0 Å². The summed E-state index contributed by atoms with van der Waals surface area (Å²) in [5.74, 6) is 0.264. The Kier molecular flexibility index (Phi) is 4.85. The number of aryl methyl sites for hydroxylation is 1. The van der Waals surface area contributed by atoms with Crippen molar-refractivity contribution in [2.75, 3.05) is 39.3 Å². The zero-order valence-corrected chi connectivity index (χ0v) is 17.5. The van der Waals surface area contributed by atoms with Crippen molar-refractivity contribution in [1.82, 2.24) is 24.3 Å². The summed E-state index contributed by atoms with van der Waals surface area (Å²) < 4.78 is 1.76. The van der Waals surface area contributed by atoms with Crippen LogP contribution in [0.15, 0.2) is 42.9 Å². The van der Waals surface area contributed by atoms with Crippen molar-refractivity contribution in [3.8, 4) is 0 Å². The molecule has 7 heteroatoms. The van der Waals surface area contributed by atoms with Crippen LogP contribution in [0.3, 0.4) is 0 Å². The van der Waals surface area contributed by atoms with Gasteiger partial charge in [-0.2, -0.15) is 0 Å². The average Bonchev–Trinajstić information content (AvgIpc) is 3.46. The molecule has 158 valence electrons. The molecule has 0 bridgehead atoms. The van der Waals surface area contributed by atoms with Gasteiger partial charge in [0.1, 0.15) is 5.69 Å². The van der Waals surface area contributed by atoms with E-state index in [9.17, 15) is 9.59 Å². The van der Waals surface area contributed by atoms with Crippen LogP contribution < -0.4 is 0 Å². The number of rotatable bonds is 4. The number of amides is 2. The molecule has 2 aromatic rings.